The Balaban J connectivity index is 2.02. The normalized spacial score (nSPS) is 15.4. The third-order valence-corrected chi connectivity index (χ3v) is 11.1. The van der Waals surface area contributed by atoms with E-state index in [0.717, 1.165) is 20.3 Å². The van der Waals surface area contributed by atoms with Crippen LogP contribution in [-0.2, 0) is 24.7 Å². The lowest BCUT2D eigenvalue weighted by Crippen LogP contribution is -2.19. The molecule has 1 atom stereocenters. The van der Waals surface area contributed by atoms with Gasteiger partial charge >= 0.3 is 24.7 Å². The molecule has 4 aromatic rings. The minimum absolute atomic E-state index is 0.109. The molecule has 0 fully saturated rings. The zero-order chi connectivity index (χ0) is 38.1. The molecule has 3 nitrogen and oxygen atoms in total. The topological polar surface area (TPSA) is 27.7 Å². The predicted octanol–water partition coefficient (Wildman–Crippen LogP) is 12.0. The van der Waals surface area contributed by atoms with Gasteiger partial charge in [-0.3, -0.25) is 0 Å². The molecular formula is C35H27F12O3P. The van der Waals surface area contributed by atoms with Crippen molar-refractivity contribution in [1.29, 1.82) is 0 Å². The Morgan fingerprint density at radius 3 is 1.27 bits per heavy atom. The van der Waals surface area contributed by atoms with Crippen LogP contribution in [0.25, 0.3) is 33.4 Å². The summed E-state index contributed by atoms with van der Waals surface area (Å²) >= 11 is 0. The van der Waals surface area contributed by atoms with E-state index in [2.05, 4.69) is 0 Å². The molecular weight excluding hydrogens is 727 g/mol. The summed E-state index contributed by atoms with van der Waals surface area (Å²) in [6.45, 7) is 5.73. The van der Waals surface area contributed by atoms with Crippen molar-refractivity contribution in [2.75, 3.05) is 20.6 Å². The second-order valence-corrected chi connectivity index (χ2v) is 15.4. The van der Waals surface area contributed by atoms with Gasteiger partial charge < -0.3 is 14.2 Å². The van der Waals surface area contributed by atoms with Gasteiger partial charge in [-0.05, 0) is 72.7 Å². The summed E-state index contributed by atoms with van der Waals surface area (Å²) < 4.78 is 185. The van der Waals surface area contributed by atoms with Crippen molar-refractivity contribution in [3.05, 3.63) is 82.9 Å². The summed E-state index contributed by atoms with van der Waals surface area (Å²) in [6, 6.07) is 6.88. The number of fused-ring (bicyclic) bond motifs is 1. The number of alkyl halides is 12. The second-order valence-electron chi connectivity index (χ2n) is 12.5. The van der Waals surface area contributed by atoms with Crippen LogP contribution in [0.4, 0.5) is 52.7 Å². The van der Waals surface area contributed by atoms with E-state index < -0.39 is 82.3 Å². The highest BCUT2D eigenvalue weighted by Crippen LogP contribution is 2.59. The maximum absolute atomic E-state index is 14.0. The van der Waals surface area contributed by atoms with E-state index in [0.29, 0.717) is 35.3 Å². The molecule has 0 unspecified atom stereocenters. The number of methoxy groups -OCH3 is 2. The first-order valence-electron chi connectivity index (χ1n) is 14.8. The zero-order valence-corrected chi connectivity index (χ0v) is 28.1. The minimum Gasteiger partial charge on any atom is -0.495 e. The van der Waals surface area contributed by atoms with Gasteiger partial charge in [0, 0.05) is 22.0 Å². The van der Waals surface area contributed by atoms with Gasteiger partial charge in [0.25, 0.3) is 0 Å². The smallest absolute Gasteiger partial charge is 0.416 e. The molecule has 16 heteroatoms. The molecule has 0 amide bonds. The largest absolute Gasteiger partial charge is 0.495 e. The van der Waals surface area contributed by atoms with Crippen molar-refractivity contribution in [3.8, 4) is 50.6 Å². The fourth-order valence-corrected chi connectivity index (χ4v) is 8.15. The fourth-order valence-electron chi connectivity index (χ4n) is 5.81. The lowest BCUT2D eigenvalue weighted by Gasteiger charge is -2.29. The highest BCUT2D eigenvalue weighted by Gasteiger charge is 2.41. The summed E-state index contributed by atoms with van der Waals surface area (Å²) in [6.07, 6.45) is -20.9. The second kappa shape index (κ2) is 12.8. The molecule has 51 heavy (non-hydrogen) atoms. The van der Waals surface area contributed by atoms with E-state index in [4.69, 9.17) is 14.2 Å². The number of rotatable bonds is 5. The summed E-state index contributed by atoms with van der Waals surface area (Å²) in [5.74, 6) is -0.327. The van der Waals surface area contributed by atoms with Crippen LogP contribution < -0.4 is 19.5 Å². The molecule has 0 radical (unpaired) electrons. The molecule has 0 saturated carbocycles. The van der Waals surface area contributed by atoms with E-state index >= 15 is 0 Å². The van der Waals surface area contributed by atoms with Crippen LogP contribution in [0.1, 0.15) is 43.0 Å². The molecule has 1 aliphatic heterocycles. The van der Waals surface area contributed by atoms with Crippen LogP contribution in [0, 0.1) is 0 Å². The van der Waals surface area contributed by atoms with Gasteiger partial charge in [0.05, 0.1) is 42.0 Å². The van der Waals surface area contributed by atoms with E-state index in [-0.39, 0.29) is 41.1 Å². The Morgan fingerprint density at radius 1 is 0.549 bits per heavy atom. The molecule has 1 aliphatic rings. The molecule has 0 spiro atoms. The van der Waals surface area contributed by atoms with Crippen LogP contribution in [0.5, 0.6) is 17.2 Å². The molecule has 0 aromatic heterocycles. The molecule has 1 heterocycles. The molecule has 0 aliphatic carbocycles. The molecule has 5 rings (SSSR count). The Kier molecular flexibility index (Phi) is 9.58. The van der Waals surface area contributed by atoms with Crippen molar-refractivity contribution in [1.82, 2.24) is 0 Å². The first kappa shape index (κ1) is 38.1. The van der Waals surface area contributed by atoms with Crippen molar-refractivity contribution in [3.63, 3.8) is 0 Å². The van der Waals surface area contributed by atoms with E-state index in [1.54, 1.807) is 6.07 Å². The maximum atomic E-state index is 14.0. The van der Waals surface area contributed by atoms with E-state index in [1.165, 1.54) is 12.1 Å². The minimum atomic E-state index is -5.29. The molecule has 0 bridgehead atoms. The zero-order valence-electron chi connectivity index (χ0n) is 27.2. The highest BCUT2D eigenvalue weighted by atomic mass is 31.1. The molecule has 0 saturated heterocycles. The van der Waals surface area contributed by atoms with Crippen molar-refractivity contribution >= 4 is 13.2 Å². The highest BCUT2D eigenvalue weighted by molar-refractivity contribution is 7.67. The Labute approximate surface area is 284 Å². The van der Waals surface area contributed by atoms with Crippen LogP contribution >= 0.6 is 7.92 Å². The van der Waals surface area contributed by atoms with E-state index in [9.17, 15) is 52.7 Å². The molecule has 274 valence electrons. The number of hydrogen-bond donors (Lipinski definition) is 0. The summed E-state index contributed by atoms with van der Waals surface area (Å²) in [4.78, 5) is 0. The van der Waals surface area contributed by atoms with Gasteiger partial charge in [-0.1, -0.05) is 32.9 Å². The standard InChI is InChI=1S/C35H27F12O3P/c1-31(2,3)51-16-50-26-8-6-7-23(30(26)51)27-28(48-4)24(17-9-19(32(36,37)38)13-20(10-17)33(39,40)41)15-25(29(27)49-5)18-11-21(34(42,43)44)14-22(12-18)35(45,46)47/h6-15H,16H2,1-5H3/t51-/m0/s1. The Morgan fingerprint density at radius 2 is 0.941 bits per heavy atom. The SMILES string of the molecule is COc1c(-c2cc(C(F)(F)F)cc(C(F)(F)F)c2)cc(-c2cc(C(F)(F)F)cc(C(F)(F)F)c2)c(OC)c1-c1cccc2c1[P@@](C(C)(C)C)CO2. The Bertz CT molecular complexity index is 1800. The summed E-state index contributed by atoms with van der Waals surface area (Å²) in [5.41, 5.74) is -9.20. The van der Waals surface area contributed by atoms with Crippen molar-refractivity contribution < 1.29 is 66.9 Å². The maximum Gasteiger partial charge on any atom is 0.416 e. The monoisotopic (exact) mass is 754 g/mol. The Hall–Kier alpha value is -4.13. The van der Waals surface area contributed by atoms with Crippen LogP contribution in [-0.4, -0.2) is 25.7 Å². The van der Waals surface area contributed by atoms with Gasteiger partial charge in [-0.2, -0.15) is 52.7 Å². The first-order valence-corrected chi connectivity index (χ1v) is 16.3. The average Bonchev–Trinajstić information content (AvgIpc) is 3.47. The van der Waals surface area contributed by atoms with Crippen LogP contribution in [0.3, 0.4) is 0 Å². The van der Waals surface area contributed by atoms with Gasteiger partial charge in [0.1, 0.15) is 23.6 Å². The lowest BCUT2D eigenvalue weighted by atomic mass is 9.88. The average molecular weight is 755 g/mol. The quantitative estimate of drug-likeness (QED) is 0.150. The first-order chi connectivity index (χ1) is 23.4. The van der Waals surface area contributed by atoms with Gasteiger partial charge in [-0.25, -0.2) is 0 Å². The van der Waals surface area contributed by atoms with Gasteiger partial charge in [0.2, 0.25) is 0 Å². The molecule has 4 aromatic carbocycles. The summed E-state index contributed by atoms with van der Waals surface area (Å²) in [7, 11) is 0.915. The third kappa shape index (κ3) is 7.45. The van der Waals surface area contributed by atoms with Gasteiger partial charge in [0.15, 0.2) is 0 Å². The predicted molar refractivity (Wildman–Crippen MR) is 168 cm³/mol. The van der Waals surface area contributed by atoms with E-state index in [1.807, 2.05) is 20.8 Å². The third-order valence-electron chi connectivity index (χ3n) is 8.13. The lowest BCUT2D eigenvalue weighted by molar-refractivity contribution is -0.144. The number of benzene rings is 4. The number of ether oxygens (including phenoxy) is 3. The van der Waals surface area contributed by atoms with Crippen molar-refractivity contribution in [2.24, 2.45) is 0 Å². The summed E-state index contributed by atoms with van der Waals surface area (Å²) in [5, 5.41) is 0.128. The van der Waals surface area contributed by atoms with Crippen molar-refractivity contribution in [2.45, 2.75) is 50.6 Å². The van der Waals surface area contributed by atoms with Gasteiger partial charge in [-0.15, -0.1) is 0 Å². The van der Waals surface area contributed by atoms with Crippen LogP contribution in [0.2, 0.25) is 0 Å². The number of halogens is 12. The fraction of sp³-hybridized carbons (Fsp3) is 0.314. The molecule has 0 N–H and O–H groups in total. The number of hydrogen-bond acceptors (Lipinski definition) is 3. The van der Waals surface area contributed by atoms with Crippen LogP contribution in [0.15, 0.2) is 60.7 Å².